The lowest BCUT2D eigenvalue weighted by atomic mass is 10.0. The highest BCUT2D eigenvalue weighted by Crippen LogP contribution is 2.36. The molecule has 110 valence electrons. The molecular weight excluding hydrogens is 276 g/mol. The number of hydrogen-bond acceptors (Lipinski definition) is 4. The molecule has 0 spiro atoms. The van der Waals surface area contributed by atoms with E-state index in [1.165, 1.54) is 0 Å². The van der Waals surface area contributed by atoms with Crippen LogP contribution in [0.1, 0.15) is 31.2 Å². The first-order chi connectivity index (χ1) is 9.54. The third-order valence-corrected chi connectivity index (χ3v) is 5.47. The number of aryl methyl sites for hydroxylation is 1. The van der Waals surface area contributed by atoms with Gasteiger partial charge in [-0.25, -0.2) is 0 Å². The predicted molar refractivity (Wildman–Crippen MR) is 74.9 cm³/mol. The zero-order valence-electron chi connectivity index (χ0n) is 11.6. The molecule has 1 unspecified atom stereocenters. The molecule has 4 nitrogen and oxygen atoms in total. The minimum atomic E-state index is -3.65. The molecule has 1 heterocycles. The first kappa shape index (κ1) is 14.0. The van der Waals surface area contributed by atoms with Gasteiger partial charge in [-0.2, -0.15) is 8.42 Å². The third kappa shape index (κ3) is 3.22. The van der Waals surface area contributed by atoms with Crippen LogP contribution in [0, 0.1) is 12.8 Å². The van der Waals surface area contributed by atoms with Crippen molar-refractivity contribution in [3.05, 3.63) is 29.8 Å². The van der Waals surface area contributed by atoms with Crippen LogP contribution in [0.4, 0.5) is 0 Å². The highest BCUT2D eigenvalue weighted by Gasteiger charge is 2.37. The topological polar surface area (TPSA) is 55.9 Å². The third-order valence-electron chi connectivity index (χ3n) is 4.12. The van der Waals surface area contributed by atoms with Crippen LogP contribution in [0.25, 0.3) is 0 Å². The van der Waals surface area contributed by atoms with Gasteiger partial charge in [0.2, 0.25) is 0 Å². The maximum Gasteiger partial charge on any atom is 0.297 e. The van der Waals surface area contributed by atoms with E-state index < -0.39 is 10.1 Å². The van der Waals surface area contributed by atoms with Gasteiger partial charge in [-0.15, -0.1) is 0 Å². The zero-order valence-corrected chi connectivity index (χ0v) is 12.4. The number of hydrogen-bond donors (Lipinski definition) is 0. The maximum atomic E-state index is 12.3. The Morgan fingerprint density at radius 1 is 1.25 bits per heavy atom. The summed E-state index contributed by atoms with van der Waals surface area (Å²) in [5, 5.41) is 0. The second kappa shape index (κ2) is 5.47. The van der Waals surface area contributed by atoms with Gasteiger partial charge >= 0.3 is 0 Å². The van der Waals surface area contributed by atoms with E-state index in [2.05, 4.69) is 0 Å². The summed E-state index contributed by atoms with van der Waals surface area (Å²) in [5.41, 5.74) is 1.04. The van der Waals surface area contributed by atoms with Gasteiger partial charge < -0.3 is 4.74 Å². The van der Waals surface area contributed by atoms with Crippen molar-refractivity contribution in [1.29, 1.82) is 0 Å². The Kier molecular flexibility index (Phi) is 3.84. The fourth-order valence-corrected chi connectivity index (χ4v) is 4.02. The van der Waals surface area contributed by atoms with Gasteiger partial charge in [0.15, 0.2) is 0 Å². The van der Waals surface area contributed by atoms with Crippen LogP contribution in [0.2, 0.25) is 0 Å². The minimum Gasteiger partial charge on any atom is -0.373 e. The number of rotatable bonds is 5. The lowest BCUT2D eigenvalue weighted by molar-refractivity contribution is 0.153. The Morgan fingerprint density at radius 2 is 1.95 bits per heavy atom. The van der Waals surface area contributed by atoms with Crippen molar-refractivity contribution in [2.24, 2.45) is 5.92 Å². The Balaban J connectivity index is 1.70. The molecule has 1 saturated carbocycles. The molecule has 0 bridgehead atoms. The van der Waals surface area contributed by atoms with Gasteiger partial charge in [0.25, 0.3) is 10.1 Å². The van der Waals surface area contributed by atoms with Crippen LogP contribution in [0.5, 0.6) is 0 Å². The van der Waals surface area contributed by atoms with E-state index >= 15 is 0 Å². The van der Waals surface area contributed by atoms with E-state index in [4.69, 9.17) is 8.92 Å². The van der Waals surface area contributed by atoms with E-state index in [-0.39, 0.29) is 11.0 Å². The van der Waals surface area contributed by atoms with E-state index in [9.17, 15) is 8.42 Å². The van der Waals surface area contributed by atoms with Gasteiger partial charge in [0, 0.05) is 0 Å². The van der Waals surface area contributed by atoms with Crippen molar-refractivity contribution in [1.82, 2.24) is 0 Å². The zero-order chi connectivity index (χ0) is 14.2. The SMILES string of the molecule is Cc1ccc(S(=O)(=O)O[C@H]2CCC[C@@H]2CC2CO2)cc1. The Hall–Kier alpha value is -0.910. The molecule has 3 atom stereocenters. The molecule has 0 aromatic heterocycles. The van der Waals surface area contributed by atoms with Crippen molar-refractivity contribution in [3.8, 4) is 0 Å². The molecule has 1 saturated heterocycles. The predicted octanol–water partition coefficient (Wildman–Crippen LogP) is 2.66. The number of epoxide rings is 1. The summed E-state index contributed by atoms with van der Waals surface area (Å²) in [4.78, 5) is 0.247. The summed E-state index contributed by atoms with van der Waals surface area (Å²) in [6.07, 6.45) is 3.95. The number of ether oxygens (including phenoxy) is 1. The molecule has 1 aliphatic carbocycles. The van der Waals surface area contributed by atoms with E-state index in [1.54, 1.807) is 24.3 Å². The van der Waals surface area contributed by atoms with Gasteiger partial charge in [-0.1, -0.05) is 24.1 Å². The minimum absolute atomic E-state index is 0.189. The maximum absolute atomic E-state index is 12.3. The van der Waals surface area contributed by atoms with Crippen molar-refractivity contribution in [3.63, 3.8) is 0 Å². The van der Waals surface area contributed by atoms with Crippen LogP contribution in [-0.4, -0.2) is 27.2 Å². The molecule has 20 heavy (non-hydrogen) atoms. The van der Waals surface area contributed by atoms with Crippen LogP contribution in [0.3, 0.4) is 0 Å². The first-order valence-electron chi connectivity index (χ1n) is 7.16. The van der Waals surface area contributed by atoms with E-state index in [0.717, 1.165) is 37.9 Å². The molecule has 1 aliphatic heterocycles. The second-order valence-electron chi connectivity index (χ2n) is 5.78. The van der Waals surface area contributed by atoms with Crippen LogP contribution >= 0.6 is 0 Å². The summed E-state index contributed by atoms with van der Waals surface area (Å²) in [6.45, 7) is 2.74. The van der Waals surface area contributed by atoms with E-state index in [0.29, 0.717) is 12.0 Å². The van der Waals surface area contributed by atoms with Gasteiger partial charge in [0.1, 0.15) is 0 Å². The molecule has 1 aromatic rings. The molecule has 2 fully saturated rings. The van der Waals surface area contributed by atoms with Gasteiger partial charge in [-0.3, -0.25) is 4.18 Å². The second-order valence-corrected chi connectivity index (χ2v) is 7.36. The summed E-state index contributed by atoms with van der Waals surface area (Å²) in [7, 11) is -3.65. The van der Waals surface area contributed by atoms with Crippen molar-refractivity contribution in [2.75, 3.05) is 6.61 Å². The lowest BCUT2D eigenvalue weighted by Gasteiger charge is -2.19. The highest BCUT2D eigenvalue weighted by atomic mass is 32.2. The van der Waals surface area contributed by atoms with E-state index in [1.807, 2.05) is 6.92 Å². The lowest BCUT2D eigenvalue weighted by Crippen LogP contribution is -2.23. The van der Waals surface area contributed by atoms with Gasteiger partial charge in [0.05, 0.1) is 23.7 Å². The smallest absolute Gasteiger partial charge is 0.297 e. The van der Waals surface area contributed by atoms with Gasteiger partial charge in [-0.05, 0) is 44.2 Å². The Labute approximate surface area is 120 Å². The molecule has 2 aliphatic rings. The molecule has 1 aromatic carbocycles. The molecule has 0 N–H and O–H groups in total. The molecular formula is C15H20O4S. The fraction of sp³-hybridized carbons (Fsp3) is 0.600. The van der Waals surface area contributed by atoms with Crippen LogP contribution in [-0.2, 0) is 19.0 Å². The molecule has 0 amide bonds. The summed E-state index contributed by atoms with van der Waals surface area (Å²) in [6, 6.07) is 6.80. The molecule has 5 heteroatoms. The van der Waals surface area contributed by atoms with Crippen LogP contribution in [0.15, 0.2) is 29.2 Å². The molecule has 0 radical (unpaired) electrons. The fourth-order valence-electron chi connectivity index (χ4n) is 2.86. The Morgan fingerprint density at radius 3 is 2.60 bits per heavy atom. The average molecular weight is 296 g/mol. The van der Waals surface area contributed by atoms with Crippen molar-refractivity contribution >= 4 is 10.1 Å². The summed E-state index contributed by atoms with van der Waals surface area (Å²) >= 11 is 0. The normalized spacial score (nSPS) is 29.6. The average Bonchev–Trinajstić information content (AvgIpc) is 3.11. The highest BCUT2D eigenvalue weighted by molar-refractivity contribution is 7.86. The van der Waals surface area contributed by atoms with Crippen molar-refractivity contribution in [2.45, 2.75) is 49.7 Å². The summed E-state index contributed by atoms with van der Waals surface area (Å²) < 4.78 is 35.3. The number of benzene rings is 1. The summed E-state index contributed by atoms with van der Waals surface area (Å²) in [5.74, 6) is 0.308. The largest absolute Gasteiger partial charge is 0.373 e. The Bertz CT molecular complexity index is 560. The monoisotopic (exact) mass is 296 g/mol. The van der Waals surface area contributed by atoms with Crippen molar-refractivity contribution < 1.29 is 17.3 Å². The quantitative estimate of drug-likeness (QED) is 0.619. The standard InChI is InChI=1S/C15H20O4S/c1-11-5-7-14(8-6-11)20(16,17)19-15-4-2-3-12(15)9-13-10-18-13/h5-8,12-13,15H,2-4,9-10H2,1H3/t12-,13?,15+/m1/s1. The first-order valence-corrected chi connectivity index (χ1v) is 8.57. The van der Waals surface area contributed by atoms with Crippen LogP contribution < -0.4 is 0 Å². The molecule has 3 rings (SSSR count).